The molecule has 1 N–H and O–H groups in total. The number of fused-ring (bicyclic) bond motifs is 1. The summed E-state index contributed by atoms with van der Waals surface area (Å²) >= 11 is 0. The molecule has 5 heteroatoms. The van der Waals surface area contributed by atoms with Crippen molar-refractivity contribution >= 4 is 5.69 Å². The number of hydrogen-bond acceptors (Lipinski definition) is 5. The number of anilines is 1. The van der Waals surface area contributed by atoms with E-state index in [0.717, 1.165) is 37.8 Å². The highest BCUT2D eigenvalue weighted by atomic mass is 16.5. The van der Waals surface area contributed by atoms with Gasteiger partial charge in [-0.15, -0.1) is 0 Å². The summed E-state index contributed by atoms with van der Waals surface area (Å²) in [7, 11) is 1.72. The zero-order chi connectivity index (χ0) is 14.3. The molecule has 1 aliphatic heterocycles. The van der Waals surface area contributed by atoms with Gasteiger partial charge in [0.15, 0.2) is 0 Å². The van der Waals surface area contributed by atoms with Crippen molar-refractivity contribution in [1.82, 2.24) is 10.1 Å². The normalized spacial score (nSPS) is 19.5. The maximum atomic E-state index is 5.60. The first-order valence-corrected chi connectivity index (χ1v) is 7.57. The van der Waals surface area contributed by atoms with Crippen molar-refractivity contribution in [3.05, 3.63) is 29.6 Å². The lowest BCUT2D eigenvalue weighted by Crippen LogP contribution is -2.37. The average molecular weight is 285 g/mol. The van der Waals surface area contributed by atoms with Gasteiger partial charge >= 0.3 is 0 Å². The molecule has 21 heavy (non-hydrogen) atoms. The van der Waals surface area contributed by atoms with Gasteiger partial charge in [0, 0.05) is 24.9 Å². The van der Waals surface area contributed by atoms with Gasteiger partial charge in [-0.05, 0) is 55.9 Å². The number of hydrogen-bond donors (Lipinski definition) is 1. The van der Waals surface area contributed by atoms with Gasteiger partial charge in [-0.3, -0.25) is 0 Å². The Morgan fingerprint density at radius 2 is 2.19 bits per heavy atom. The molecule has 2 heterocycles. The van der Waals surface area contributed by atoms with E-state index in [0.29, 0.717) is 11.7 Å². The van der Waals surface area contributed by atoms with Crippen LogP contribution in [0.15, 0.2) is 22.7 Å². The highest BCUT2D eigenvalue weighted by Crippen LogP contribution is 2.43. The fraction of sp³-hybridized carbons (Fsp3) is 0.500. The van der Waals surface area contributed by atoms with Crippen molar-refractivity contribution < 1.29 is 9.26 Å². The quantitative estimate of drug-likeness (QED) is 0.939. The zero-order valence-electron chi connectivity index (χ0n) is 12.2. The lowest BCUT2D eigenvalue weighted by Gasteiger charge is -2.37. The molecule has 2 aromatic rings. The third-order valence-electron chi connectivity index (χ3n) is 4.68. The van der Waals surface area contributed by atoms with Gasteiger partial charge in [0.25, 0.3) is 5.89 Å². The smallest absolute Gasteiger partial charge is 0.258 e. The second kappa shape index (κ2) is 4.84. The fourth-order valence-corrected chi connectivity index (χ4v) is 3.15. The Kier molecular flexibility index (Phi) is 2.96. The van der Waals surface area contributed by atoms with Gasteiger partial charge in [0.1, 0.15) is 5.60 Å². The summed E-state index contributed by atoms with van der Waals surface area (Å²) in [4.78, 5) is 4.57. The number of nitrogens with zero attached hydrogens (tertiary/aromatic N) is 2. The van der Waals surface area contributed by atoms with E-state index >= 15 is 0 Å². The number of aromatic nitrogens is 2. The molecule has 0 bridgehead atoms. The molecule has 0 radical (unpaired) electrons. The molecular formula is C16H19N3O2. The topological polar surface area (TPSA) is 60.2 Å². The second-order valence-corrected chi connectivity index (χ2v) is 5.88. The minimum atomic E-state index is -0.322. The van der Waals surface area contributed by atoms with Crippen molar-refractivity contribution in [2.75, 3.05) is 19.0 Å². The molecule has 0 atom stereocenters. The van der Waals surface area contributed by atoms with E-state index in [2.05, 4.69) is 27.6 Å². The molecule has 1 saturated carbocycles. The van der Waals surface area contributed by atoms with E-state index in [9.17, 15) is 0 Å². The van der Waals surface area contributed by atoms with Crippen LogP contribution in [0, 0.1) is 0 Å². The average Bonchev–Trinajstić information content (AvgIpc) is 2.96. The predicted molar refractivity (Wildman–Crippen MR) is 79.1 cm³/mol. The number of rotatable bonds is 3. The molecule has 1 aromatic heterocycles. The van der Waals surface area contributed by atoms with Gasteiger partial charge < -0.3 is 14.6 Å². The van der Waals surface area contributed by atoms with E-state index in [1.54, 1.807) is 7.11 Å². The minimum absolute atomic E-state index is 0.322. The third kappa shape index (κ3) is 2.03. The molecule has 5 nitrogen and oxygen atoms in total. The molecule has 0 unspecified atom stereocenters. The van der Waals surface area contributed by atoms with Gasteiger partial charge in [0.05, 0.1) is 0 Å². The molecule has 4 rings (SSSR count). The van der Waals surface area contributed by atoms with Crippen LogP contribution < -0.4 is 5.32 Å². The minimum Gasteiger partial charge on any atom is -0.385 e. The van der Waals surface area contributed by atoms with Crippen LogP contribution >= 0.6 is 0 Å². The van der Waals surface area contributed by atoms with Crippen LogP contribution in [-0.4, -0.2) is 23.8 Å². The summed E-state index contributed by atoms with van der Waals surface area (Å²) in [6.45, 7) is 1.05. The SMILES string of the molecule is COC1(c2noc(-c3ccc4c(c3)CCCN4)n2)CCC1. The summed E-state index contributed by atoms with van der Waals surface area (Å²) in [6, 6.07) is 6.29. The highest BCUT2D eigenvalue weighted by Gasteiger charge is 2.43. The molecule has 1 aliphatic carbocycles. The van der Waals surface area contributed by atoms with Gasteiger partial charge in [0.2, 0.25) is 5.82 Å². The number of benzene rings is 1. The summed E-state index contributed by atoms with van der Waals surface area (Å²) in [6.07, 6.45) is 5.35. The van der Waals surface area contributed by atoms with Crippen LogP contribution in [0.3, 0.4) is 0 Å². The summed E-state index contributed by atoms with van der Waals surface area (Å²) in [5.41, 5.74) is 3.21. The zero-order valence-corrected chi connectivity index (χ0v) is 12.2. The standard InChI is InChI=1S/C16H19N3O2/c1-20-16(7-3-8-16)15-18-14(21-19-15)12-5-6-13-11(10-12)4-2-9-17-13/h5-6,10,17H,2-4,7-9H2,1H3. The Morgan fingerprint density at radius 1 is 1.29 bits per heavy atom. The number of ether oxygens (including phenoxy) is 1. The maximum absolute atomic E-state index is 5.60. The van der Waals surface area contributed by atoms with E-state index in [1.807, 2.05) is 6.07 Å². The first-order chi connectivity index (χ1) is 10.3. The molecular weight excluding hydrogens is 266 g/mol. The predicted octanol–water partition coefficient (Wildman–Crippen LogP) is 3.12. The first kappa shape index (κ1) is 12.8. The highest BCUT2D eigenvalue weighted by molar-refractivity contribution is 5.63. The Balaban J connectivity index is 1.66. The first-order valence-electron chi connectivity index (χ1n) is 7.57. The van der Waals surface area contributed by atoms with Crippen molar-refractivity contribution in [3.63, 3.8) is 0 Å². The van der Waals surface area contributed by atoms with Gasteiger partial charge in [-0.2, -0.15) is 4.98 Å². The van der Waals surface area contributed by atoms with Crippen LogP contribution in [-0.2, 0) is 16.8 Å². The third-order valence-corrected chi connectivity index (χ3v) is 4.68. The van der Waals surface area contributed by atoms with Crippen LogP contribution in [0.25, 0.3) is 11.5 Å². The lowest BCUT2D eigenvalue weighted by atomic mass is 9.79. The summed E-state index contributed by atoms with van der Waals surface area (Å²) < 4.78 is 11.1. The van der Waals surface area contributed by atoms with Crippen molar-refractivity contribution in [2.24, 2.45) is 0 Å². The van der Waals surface area contributed by atoms with Crippen molar-refractivity contribution in [3.8, 4) is 11.5 Å². The number of aryl methyl sites for hydroxylation is 1. The second-order valence-electron chi connectivity index (χ2n) is 5.88. The molecule has 2 aliphatic rings. The van der Waals surface area contributed by atoms with Crippen molar-refractivity contribution in [2.45, 2.75) is 37.7 Å². The van der Waals surface area contributed by atoms with E-state index in [4.69, 9.17) is 9.26 Å². The Morgan fingerprint density at radius 3 is 2.95 bits per heavy atom. The Bertz CT molecular complexity index is 656. The monoisotopic (exact) mass is 285 g/mol. The Labute approximate surface area is 123 Å². The van der Waals surface area contributed by atoms with E-state index in [1.165, 1.54) is 17.7 Å². The fourth-order valence-electron chi connectivity index (χ4n) is 3.15. The molecule has 1 aromatic carbocycles. The van der Waals surface area contributed by atoms with Crippen LogP contribution in [0.1, 0.15) is 37.1 Å². The lowest BCUT2D eigenvalue weighted by molar-refractivity contribution is -0.0858. The Hall–Kier alpha value is -1.88. The van der Waals surface area contributed by atoms with Crippen LogP contribution in [0.5, 0.6) is 0 Å². The molecule has 1 fully saturated rings. The molecule has 0 saturated heterocycles. The van der Waals surface area contributed by atoms with E-state index in [-0.39, 0.29) is 5.60 Å². The summed E-state index contributed by atoms with van der Waals surface area (Å²) in [5.74, 6) is 1.27. The number of methoxy groups -OCH3 is 1. The van der Waals surface area contributed by atoms with Gasteiger partial charge in [-0.25, -0.2) is 0 Å². The largest absolute Gasteiger partial charge is 0.385 e. The van der Waals surface area contributed by atoms with Crippen LogP contribution in [0.2, 0.25) is 0 Å². The number of nitrogens with one attached hydrogen (secondary N) is 1. The van der Waals surface area contributed by atoms with Gasteiger partial charge in [-0.1, -0.05) is 5.16 Å². The summed E-state index contributed by atoms with van der Waals surface area (Å²) in [5, 5.41) is 7.55. The molecule has 0 spiro atoms. The van der Waals surface area contributed by atoms with Crippen molar-refractivity contribution in [1.29, 1.82) is 0 Å². The molecule has 110 valence electrons. The maximum Gasteiger partial charge on any atom is 0.258 e. The van der Waals surface area contributed by atoms with E-state index < -0.39 is 0 Å². The van der Waals surface area contributed by atoms with Crippen LogP contribution in [0.4, 0.5) is 5.69 Å². The molecule has 0 amide bonds.